The molecule has 2 amide bonds. The molecule has 4 heterocycles. The predicted molar refractivity (Wildman–Crippen MR) is 85.3 cm³/mol. The zero-order chi connectivity index (χ0) is 16.6. The second-order valence-electron chi connectivity index (χ2n) is 6.43. The van der Waals surface area contributed by atoms with E-state index in [2.05, 4.69) is 9.97 Å². The van der Waals surface area contributed by atoms with Gasteiger partial charge in [-0.2, -0.15) is 0 Å². The normalized spacial score (nSPS) is 23.9. The minimum atomic E-state index is -0.493. The molecule has 2 aromatic heterocycles. The fourth-order valence-corrected chi connectivity index (χ4v) is 3.75. The Bertz CT molecular complexity index is 746. The van der Waals surface area contributed by atoms with Crippen LogP contribution in [0.3, 0.4) is 0 Å². The van der Waals surface area contributed by atoms with E-state index in [0.29, 0.717) is 25.2 Å². The molecule has 1 spiro atoms. The van der Waals surface area contributed by atoms with Gasteiger partial charge in [0.2, 0.25) is 5.91 Å². The van der Waals surface area contributed by atoms with Crippen LogP contribution in [0.15, 0.2) is 41.7 Å². The molecule has 0 saturated carbocycles. The summed E-state index contributed by atoms with van der Waals surface area (Å²) in [5.74, 6) is -0.000821. The average molecular weight is 326 g/mol. The molecule has 4 rings (SSSR count). The number of carbonyl (C=O) groups is 2. The van der Waals surface area contributed by atoms with E-state index in [1.165, 1.54) is 18.9 Å². The van der Waals surface area contributed by atoms with Crippen molar-refractivity contribution < 1.29 is 14.0 Å². The van der Waals surface area contributed by atoms with Crippen LogP contribution in [0.4, 0.5) is 5.69 Å². The van der Waals surface area contributed by atoms with Crippen molar-refractivity contribution in [3.05, 3.63) is 42.9 Å². The monoisotopic (exact) mass is 326 g/mol. The summed E-state index contributed by atoms with van der Waals surface area (Å²) in [6.45, 7) is 1.77. The predicted octanol–water partition coefficient (Wildman–Crippen LogP) is 1.73. The lowest BCUT2D eigenvalue weighted by atomic mass is 9.78. The minimum Gasteiger partial charge on any atom is -0.472 e. The molecule has 0 bridgehead atoms. The minimum absolute atomic E-state index is 0.0713. The molecule has 0 aromatic carbocycles. The van der Waals surface area contributed by atoms with Crippen LogP contribution in [0.1, 0.15) is 29.6 Å². The van der Waals surface area contributed by atoms with Crippen molar-refractivity contribution in [2.24, 2.45) is 5.41 Å². The highest BCUT2D eigenvalue weighted by Gasteiger charge is 2.50. The summed E-state index contributed by atoms with van der Waals surface area (Å²) in [5, 5.41) is 0. The number of anilines is 1. The summed E-state index contributed by atoms with van der Waals surface area (Å²) < 4.78 is 5.00. The van der Waals surface area contributed by atoms with Crippen LogP contribution in [-0.2, 0) is 4.79 Å². The second kappa shape index (κ2) is 5.74. The van der Waals surface area contributed by atoms with Crippen molar-refractivity contribution in [3.63, 3.8) is 0 Å². The quantitative estimate of drug-likeness (QED) is 0.839. The number of aromatic nitrogens is 2. The molecule has 2 fully saturated rings. The average Bonchev–Trinajstić information content (AvgIpc) is 3.26. The van der Waals surface area contributed by atoms with Crippen molar-refractivity contribution in [1.29, 1.82) is 0 Å². The molecule has 0 aliphatic carbocycles. The third-order valence-corrected chi connectivity index (χ3v) is 5.00. The Balaban J connectivity index is 1.55. The lowest BCUT2D eigenvalue weighted by Gasteiger charge is -2.38. The molecule has 2 aliphatic rings. The molecule has 0 N–H and O–H groups in total. The maximum atomic E-state index is 13.1. The first-order valence-corrected chi connectivity index (χ1v) is 8.08. The third-order valence-electron chi connectivity index (χ3n) is 5.00. The third kappa shape index (κ3) is 2.36. The van der Waals surface area contributed by atoms with E-state index in [1.54, 1.807) is 28.3 Å². The smallest absolute Gasteiger partial charge is 0.257 e. The summed E-state index contributed by atoms with van der Waals surface area (Å²) in [6, 6.07) is 1.66. The zero-order valence-corrected chi connectivity index (χ0v) is 13.2. The Kier molecular flexibility index (Phi) is 3.55. The topological polar surface area (TPSA) is 79.5 Å². The first-order valence-electron chi connectivity index (χ1n) is 8.08. The summed E-state index contributed by atoms with van der Waals surface area (Å²) in [4.78, 5) is 37.1. The lowest BCUT2D eigenvalue weighted by molar-refractivity contribution is -0.127. The van der Waals surface area contributed by atoms with E-state index in [1.807, 2.05) is 0 Å². The Labute approximate surface area is 139 Å². The summed E-state index contributed by atoms with van der Waals surface area (Å²) in [7, 11) is 0. The number of hydrogen-bond acceptors (Lipinski definition) is 5. The Morgan fingerprint density at radius 3 is 2.79 bits per heavy atom. The standard InChI is InChI=1S/C17H18N4O3/c22-15(13-2-7-24-10-13)20-5-1-3-17(11-20)4-6-21(16(17)23)14-8-18-12-19-9-14/h2,7-10,12H,1,3-6,11H2/t17-/m0/s1. The highest BCUT2D eigenvalue weighted by Crippen LogP contribution is 2.41. The van der Waals surface area contributed by atoms with Gasteiger partial charge in [0.15, 0.2) is 0 Å². The van der Waals surface area contributed by atoms with Crippen molar-refractivity contribution >= 4 is 17.5 Å². The maximum absolute atomic E-state index is 13.1. The molecule has 0 unspecified atom stereocenters. The summed E-state index contributed by atoms with van der Waals surface area (Å²) in [5.41, 5.74) is 0.761. The lowest BCUT2D eigenvalue weighted by Crippen LogP contribution is -2.49. The van der Waals surface area contributed by atoms with Gasteiger partial charge < -0.3 is 14.2 Å². The largest absolute Gasteiger partial charge is 0.472 e. The highest BCUT2D eigenvalue weighted by atomic mass is 16.3. The van der Waals surface area contributed by atoms with E-state index in [-0.39, 0.29) is 11.8 Å². The maximum Gasteiger partial charge on any atom is 0.257 e. The number of hydrogen-bond donors (Lipinski definition) is 0. The van der Waals surface area contributed by atoms with Crippen LogP contribution in [0.5, 0.6) is 0 Å². The first-order chi connectivity index (χ1) is 11.7. The molecule has 1 atom stereocenters. The highest BCUT2D eigenvalue weighted by molar-refractivity contribution is 6.01. The Morgan fingerprint density at radius 2 is 2.04 bits per heavy atom. The summed E-state index contributed by atoms with van der Waals surface area (Å²) in [6.07, 6.45) is 10.1. The SMILES string of the molecule is O=C(c1ccoc1)N1CCC[C@]2(CCN(c3cncnc3)C2=O)C1. The molecule has 2 aromatic rings. The van der Waals surface area contributed by atoms with Gasteiger partial charge in [0.25, 0.3) is 5.91 Å². The van der Waals surface area contributed by atoms with Gasteiger partial charge in [0.05, 0.1) is 35.3 Å². The summed E-state index contributed by atoms with van der Waals surface area (Å²) >= 11 is 0. The van der Waals surface area contributed by atoms with Gasteiger partial charge in [-0.1, -0.05) is 0 Å². The molecule has 0 radical (unpaired) electrons. The van der Waals surface area contributed by atoms with E-state index < -0.39 is 5.41 Å². The van der Waals surface area contributed by atoms with Gasteiger partial charge in [-0.25, -0.2) is 9.97 Å². The second-order valence-corrected chi connectivity index (χ2v) is 6.43. The van der Waals surface area contributed by atoms with Crippen molar-refractivity contribution in [3.8, 4) is 0 Å². The van der Waals surface area contributed by atoms with E-state index in [9.17, 15) is 9.59 Å². The van der Waals surface area contributed by atoms with Crippen LogP contribution < -0.4 is 4.90 Å². The zero-order valence-electron chi connectivity index (χ0n) is 13.2. The number of nitrogens with zero attached hydrogens (tertiary/aromatic N) is 4. The van der Waals surface area contributed by atoms with Gasteiger partial charge in [-0.3, -0.25) is 9.59 Å². The van der Waals surface area contributed by atoms with Crippen molar-refractivity contribution in [2.75, 3.05) is 24.5 Å². The number of piperidine rings is 1. The van der Waals surface area contributed by atoms with Crippen LogP contribution in [0.25, 0.3) is 0 Å². The van der Waals surface area contributed by atoms with E-state index >= 15 is 0 Å². The van der Waals surface area contributed by atoms with Crippen LogP contribution in [0.2, 0.25) is 0 Å². The van der Waals surface area contributed by atoms with Gasteiger partial charge in [0, 0.05) is 19.6 Å². The van der Waals surface area contributed by atoms with Crippen molar-refractivity contribution in [1.82, 2.24) is 14.9 Å². The number of amides is 2. The molecular formula is C17H18N4O3. The van der Waals surface area contributed by atoms with E-state index in [0.717, 1.165) is 24.9 Å². The van der Waals surface area contributed by atoms with Gasteiger partial charge in [-0.05, 0) is 25.3 Å². The van der Waals surface area contributed by atoms with Crippen LogP contribution in [-0.4, -0.2) is 46.3 Å². The molecule has 24 heavy (non-hydrogen) atoms. The number of carbonyl (C=O) groups excluding carboxylic acids is 2. The number of likely N-dealkylation sites (tertiary alicyclic amines) is 1. The fourth-order valence-electron chi connectivity index (χ4n) is 3.75. The van der Waals surface area contributed by atoms with Crippen LogP contribution >= 0.6 is 0 Å². The number of rotatable bonds is 2. The van der Waals surface area contributed by atoms with Gasteiger partial charge >= 0.3 is 0 Å². The van der Waals surface area contributed by atoms with Gasteiger partial charge in [0.1, 0.15) is 12.6 Å². The van der Waals surface area contributed by atoms with Gasteiger partial charge in [-0.15, -0.1) is 0 Å². The Hall–Kier alpha value is -2.70. The molecule has 2 aliphatic heterocycles. The molecule has 7 nitrogen and oxygen atoms in total. The first kappa shape index (κ1) is 14.9. The fraction of sp³-hybridized carbons (Fsp3) is 0.412. The van der Waals surface area contributed by atoms with Crippen molar-refractivity contribution in [2.45, 2.75) is 19.3 Å². The molecule has 7 heteroatoms. The van der Waals surface area contributed by atoms with Crippen LogP contribution in [0, 0.1) is 5.41 Å². The van der Waals surface area contributed by atoms with E-state index in [4.69, 9.17) is 4.42 Å². The molecule has 2 saturated heterocycles. The number of furan rings is 1. The Morgan fingerprint density at radius 1 is 1.21 bits per heavy atom. The molecular weight excluding hydrogens is 308 g/mol. The molecule has 124 valence electrons.